The number of aliphatic hydroxyl groups is 1. The molecule has 4 aromatic rings. The molecule has 0 atom stereocenters. The normalized spacial score (nSPS) is 11.1. The second kappa shape index (κ2) is 6.93. The van der Waals surface area contributed by atoms with Crippen molar-refractivity contribution in [2.45, 2.75) is 13.0 Å². The van der Waals surface area contributed by atoms with E-state index in [-0.39, 0.29) is 12.5 Å². The van der Waals surface area contributed by atoms with Crippen LogP contribution in [0.3, 0.4) is 0 Å². The zero-order chi connectivity index (χ0) is 17.9. The predicted molar refractivity (Wildman–Crippen MR) is 98.9 cm³/mol. The van der Waals surface area contributed by atoms with Crippen LogP contribution in [-0.4, -0.2) is 32.2 Å². The van der Waals surface area contributed by atoms with Crippen LogP contribution in [0.25, 0.3) is 16.4 Å². The van der Waals surface area contributed by atoms with Gasteiger partial charge in [0.25, 0.3) is 5.91 Å². The van der Waals surface area contributed by atoms with E-state index in [4.69, 9.17) is 5.11 Å². The summed E-state index contributed by atoms with van der Waals surface area (Å²) in [5, 5.41) is 18.4. The topological polar surface area (TPSA) is 79.5 Å². The van der Waals surface area contributed by atoms with Crippen molar-refractivity contribution in [3.05, 3.63) is 77.7 Å². The SMILES string of the molecule is O=C(NCc1cccc2ccccc12)c1cnn2cc(CCO)cnc12. The number of hydrogen-bond acceptors (Lipinski definition) is 4. The van der Waals surface area contributed by atoms with E-state index >= 15 is 0 Å². The maximum absolute atomic E-state index is 12.6. The molecule has 0 aliphatic heterocycles. The van der Waals surface area contributed by atoms with Gasteiger partial charge in [0.2, 0.25) is 0 Å². The Morgan fingerprint density at radius 2 is 1.96 bits per heavy atom. The van der Waals surface area contributed by atoms with Crippen molar-refractivity contribution < 1.29 is 9.90 Å². The van der Waals surface area contributed by atoms with Gasteiger partial charge < -0.3 is 10.4 Å². The maximum Gasteiger partial charge on any atom is 0.257 e. The Kier molecular flexibility index (Phi) is 4.33. The molecule has 130 valence electrons. The highest BCUT2D eigenvalue weighted by Crippen LogP contribution is 2.18. The third-order valence-electron chi connectivity index (χ3n) is 4.37. The largest absolute Gasteiger partial charge is 0.396 e. The monoisotopic (exact) mass is 346 g/mol. The van der Waals surface area contributed by atoms with Gasteiger partial charge >= 0.3 is 0 Å². The molecule has 0 spiro atoms. The van der Waals surface area contributed by atoms with Crippen molar-refractivity contribution in [1.29, 1.82) is 0 Å². The third-order valence-corrected chi connectivity index (χ3v) is 4.37. The lowest BCUT2D eigenvalue weighted by atomic mass is 10.0. The van der Waals surface area contributed by atoms with Gasteiger partial charge in [-0.3, -0.25) is 4.79 Å². The predicted octanol–water partition coefficient (Wildman–Crippen LogP) is 2.35. The fraction of sp³-hybridized carbons (Fsp3) is 0.150. The molecule has 2 N–H and O–H groups in total. The van der Waals surface area contributed by atoms with Crippen LogP contribution in [0.4, 0.5) is 0 Å². The third kappa shape index (κ3) is 3.02. The Morgan fingerprint density at radius 3 is 2.85 bits per heavy atom. The van der Waals surface area contributed by atoms with E-state index in [9.17, 15) is 4.79 Å². The average molecular weight is 346 g/mol. The first-order valence-electron chi connectivity index (χ1n) is 8.44. The van der Waals surface area contributed by atoms with Crippen LogP contribution in [0.15, 0.2) is 61.1 Å². The number of hydrogen-bond donors (Lipinski definition) is 2. The molecule has 0 saturated carbocycles. The fourth-order valence-electron chi connectivity index (χ4n) is 3.05. The van der Waals surface area contributed by atoms with E-state index in [0.29, 0.717) is 24.2 Å². The van der Waals surface area contributed by atoms with Gasteiger partial charge in [0.1, 0.15) is 5.56 Å². The smallest absolute Gasteiger partial charge is 0.257 e. The van der Waals surface area contributed by atoms with Gasteiger partial charge in [-0.1, -0.05) is 42.5 Å². The summed E-state index contributed by atoms with van der Waals surface area (Å²) in [6, 6.07) is 14.2. The first-order valence-corrected chi connectivity index (χ1v) is 8.44. The summed E-state index contributed by atoms with van der Waals surface area (Å²) in [6.45, 7) is 0.479. The van der Waals surface area contributed by atoms with Gasteiger partial charge in [0.15, 0.2) is 5.65 Å². The van der Waals surface area contributed by atoms with Gasteiger partial charge in [0.05, 0.1) is 6.20 Å². The number of rotatable bonds is 5. The van der Waals surface area contributed by atoms with Gasteiger partial charge in [-0.15, -0.1) is 0 Å². The molecule has 4 rings (SSSR count). The number of benzene rings is 2. The van der Waals surface area contributed by atoms with E-state index in [1.807, 2.05) is 24.3 Å². The van der Waals surface area contributed by atoms with Crippen LogP contribution in [0, 0.1) is 0 Å². The summed E-state index contributed by atoms with van der Waals surface area (Å²) < 4.78 is 1.57. The van der Waals surface area contributed by atoms with E-state index in [1.165, 1.54) is 6.20 Å². The second-order valence-corrected chi connectivity index (χ2v) is 6.08. The highest BCUT2D eigenvalue weighted by molar-refractivity contribution is 5.99. The number of nitrogens with zero attached hydrogens (tertiary/aromatic N) is 3. The summed E-state index contributed by atoms with van der Waals surface area (Å²) in [4.78, 5) is 16.9. The molecule has 1 amide bonds. The summed E-state index contributed by atoms with van der Waals surface area (Å²) >= 11 is 0. The van der Waals surface area contributed by atoms with Crippen LogP contribution in [0.5, 0.6) is 0 Å². The number of fused-ring (bicyclic) bond motifs is 2. The lowest BCUT2D eigenvalue weighted by Gasteiger charge is -2.08. The lowest BCUT2D eigenvalue weighted by Crippen LogP contribution is -2.23. The highest BCUT2D eigenvalue weighted by atomic mass is 16.3. The standard InChI is InChI=1S/C20H18N4O2/c25-9-8-14-10-21-19-18(12-23-24(19)13-14)20(26)22-11-16-6-3-5-15-4-1-2-7-17(15)16/h1-7,10,12-13,25H,8-9,11H2,(H,22,26). The molecule has 0 aliphatic carbocycles. The molecule has 6 heteroatoms. The number of aliphatic hydroxyl groups excluding tert-OH is 1. The van der Waals surface area contributed by atoms with Gasteiger partial charge in [-0.25, -0.2) is 9.50 Å². The summed E-state index contributed by atoms with van der Waals surface area (Å²) in [7, 11) is 0. The zero-order valence-electron chi connectivity index (χ0n) is 14.1. The van der Waals surface area contributed by atoms with Crippen molar-refractivity contribution in [3.8, 4) is 0 Å². The second-order valence-electron chi connectivity index (χ2n) is 6.08. The first-order chi connectivity index (χ1) is 12.8. The molecule has 2 heterocycles. The van der Waals surface area contributed by atoms with E-state index in [1.54, 1.807) is 16.9 Å². The fourth-order valence-corrected chi connectivity index (χ4v) is 3.05. The highest BCUT2D eigenvalue weighted by Gasteiger charge is 2.14. The minimum atomic E-state index is -0.213. The number of amides is 1. The van der Waals surface area contributed by atoms with Crippen molar-refractivity contribution in [3.63, 3.8) is 0 Å². The minimum absolute atomic E-state index is 0.0484. The molecular formula is C20H18N4O2. The van der Waals surface area contributed by atoms with E-state index in [0.717, 1.165) is 21.9 Å². The molecular weight excluding hydrogens is 328 g/mol. The first kappa shape index (κ1) is 16.2. The average Bonchev–Trinajstić information content (AvgIpc) is 3.09. The van der Waals surface area contributed by atoms with E-state index in [2.05, 4.69) is 33.6 Å². The molecule has 0 aliphatic rings. The molecule has 0 saturated heterocycles. The van der Waals surface area contributed by atoms with Gasteiger partial charge in [0, 0.05) is 25.5 Å². The number of aromatic nitrogens is 3. The molecule has 26 heavy (non-hydrogen) atoms. The lowest BCUT2D eigenvalue weighted by molar-refractivity contribution is 0.0952. The van der Waals surface area contributed by atoms with Crippen LogP contribution >= 0.6 is 0 Å². The number of carbonyl (C=O) groups excluding carboxylic acids is 1. The Morgan fingerprint density at radius 1 is 1.12 bits per heavy atom. The van der Waals surface area contributed by atoms with Crippen LogP contribution in [0.2, 0.25) is 0 Å². The number of nitrogens with one attached hydrogen (secondary N) is 1. The van der Waals surface area contributed by atoms with Crippen molar-refractivity contribution in [1.82, 2.24) is 19.9 Å². The van der Waals surface area contributed by atoms with Crippen molar-refractivity contribution >= 4 is 22.3 Å². The van der Waals surface area contributed by atoms with Gasteiger partial charge in [-0.05, 0) is 28.3 Å². The Bertz CT molecular complexity index is 1080. The van der Waals surface area contributed by atoms with Crippen LogP contribution in [0.1, 0.15) is 21.5 Å². The van der Waals surface area contributed by atoms with Crippen molar-refractivity contribution in [2.24, 2.45) is 0 Å². The molecule has 0 bridgehead atoms. The van der Waals surface area contributed by atoms with E-state index < -0.39 is 0 Å². The Hall–Kier alpha value is -3.25. The van der Waals surface area contributed by atoms with Gasteiger partial charge in [-0.2, -0.15) is 5.10 Å². The van der Waals surface area contributed by atoms with Crippen LogP contribution < -0.4 is 5.32 Å². The zero-order valence-corrected chi connectivity index (χ0v) is 14.1. The molecule has 0 radical (unpaired) electrons. The summed E-state index contributed by atoms with van der Waals surface area (Å²) in [5.74, 6) is -0.213. The Labute approximate surface area is 150 Å². The quantitative estimate of drug-likeness (QED) is 0.581. The maximum atomic E-state index is 12.6. The number of carbonyl (C=O) groups is 1. The molecule has 2 aromatic heterocycles. The minimum Gasteiger partial charge on any atom is -0.396 e. The summed E-state index contributed by atoms with van der Waals surface area (Å²) in [6.07, 6.45) is 5.46. The molecule has 0 unspecified atom stereocenters. The molecule has 0 fully saturated rings. The Balaban J connectivity index is 1.56. The molecule has 2 aromatic carbocycles. The summed E-state index contributed by atoms with van der Waals surface area (Å²) in [5.41, 5.74) is 2.86. The van der Waals surface area contributed by atoms with Crippen molar-refractivity contribution in [2.75, 3.05) is 6.61 Å². The van der Waals surface area contributed by atoms with Crippen LogP contribution in [-0.2, 0) is 13.0 Å². The molecule has 6 nitrogen and oxygen atoms in total.